The Labute approximate surface area is 163 Å². The molecule has 0 bridgehead atoms. The summed E-state index contributed by atoms with van der Waals surface area (Å²) in [5, 5.41) is 0. The van der Waals surface area contributed by atoms with Crippen LogP contribution in [0.1, 0.15) is 48.4 Å². The number of hydrogen-bond acceptors (Lipinski definition) is 4. The first-order valence-corrected chi connectivity index (χ1v) is 9.54. The van der Waals surface area contributed by atoms with Gasteiger partial charge in [-0.2, -0.15) is 0 Å². The van der Waals surface area contributed by atoms with E-state index in [0.29, 0.717) is 32.3 Å². The highest BCUT2D eigenvalue weighted by molar-refractivity contribution is 5.44. The fourth-order valence-electron chi connectivity index (χ4n) is 3.07. The molecule has 0 aromatic heterocycles. The van der Waals surface area contributed by atoms with Crippen molar-refractivity contribution in [2.75, 3.05) is 27.4 Å². The number of aryl methyl sites for hydroxylation is 1. The van der Waals surface area contributed by atoms with Crippen molar-refractivity contribution >= 4 is 0 Å². The van der Waals surface area contributed by atoms with E-state index in [1.165, 1.54) is 11.1 Å². The van der Waals surface area contributed by atoms with Crippen molar-refractivity contribution in [3.05, 3.63) is 58.7 Å². The molecule has 0 aliphatic rings. The molecule has 0 amide bonds. The second-order valence-corrected chi connectivity index (χ2v) is 6.85. The molecule has 2 rings (SSSR count). The summed E-state index contributed by atoms with van der Waals surface area (Å²) in [5.74, 6) is 2.27. The molecule has 2 aromatic carbocycles. The zero-order chi connectivity index (χ0) is 19.6. The maximum atomic E-state index is 6.04. The van der Waals surface area contributed by atoms with Crippen molar-refractivity contribution in [1.29, 1.82) is 0 Å². The molecule has 4 heteroatoms. The SMILES string of the molecule is CCC(C)c1ccc(OCCOc2c(COC)cc(C)cc2COC)cc1. The molecule has 0 saturated heterocycles. The molecular weight excluding hydrogens is 340 g/mol. The minimum absolute atomic E-state index is 0.462. The average Bonchev–Trinajstić information content (AvgIpc) is 2.67. The fourth-order valence-corrected chi connectivity index (χ4v) is 3.07. The van der Waals surface area contributed by atoms with Gasteiger partial charge >= 0.3 is 0 Å². The molecule has 2 aromatic rings. The van der Waals surface area contributed by atoms with E-state index in [4.69, 9.17) is 18.9 Å². The quantitative estimate of drug-likeness (QED) is 0.504. The van der Waals surface area contributed by atoms with E-state index in [-0.39, 0.29) is 0 Å². The van der Waals surface area contributed by atoms with E-state index in [9.17, 15) is 0 Å². The third-order valence-electron chi connectivity index (χ3n) is 4.65. The van der Waals surface area contributed by atoms with Crippen LogP contribution >= 0.6 is 0 Å². The second-order valence-electron chi connectivity index (χ2n) is 6.85. The van der Waals surface area contributed by atoms with Crippen LogP contribution in [0, 0.1) is 6.92 Å². The molecule has 27 heavy (non-hydrogen) atoms. The highest BCUT2D eigenvalue weighted by Crippen LogP contribution is 2.28. The Balaban J connectivity index is 1.96. The van der Waals surface area contributed by atoms with Gasteiger partial charge in [0.05, 0.1) is 13.2 Å². The van der Waals surface area contributed by atoms with E-state index in [0.717, 1.165) is 29.0 Å². The molecule has 148 valence electrons. The van der Waals surface area contributed by atoms with Gasteiger partial charge in [-0.3, -0.25) is 0 Å². The van der Waals surface area contributed by atoms with Gasteiger partial charge in [0, 0.05) is 25.3 Å². The molecule has 1 unspecified atom stereocenters. The monoisotopic (exact) mass is 372 g/mol. The zero-order valence-electron chi connectivity index (χ0n) is 17.2. The van der Waals surface area contributed by atoms with Gasteiger partial charge in [0.15, 0.2) is 0 Å². The number of ether oxygens (including phenoxy) is 4. The normalized spacial score (nSPS) is 12.0. The summed E-state index contributed by atoms with van der Waals surface area (Å²) in [7, 11) is 3.38. The summed E-state index contributed by atoms with van der Waals surface area (Å²) in [6.45, 7) is 8.46. The Morgan fingerprint density at radius 3 is 1.93 bits per heavy atom. The zero-order valence-corrected chi connectivity index (χ0v) is 17.2. The van der Waals surface area contributed by atoms with Crippen LogP contribution in [0.15, 0.2) is 36.4 Å². The van der Waals surface area contributed by atoms with Gasteiger partial charge < -0.3 is 18.9 Å². The van der Waals surface area contributed by atoms with Gasteiger partial charge in [-0.25, -0.2) is 0 Å². The summed E-state index contributed by atoms with van der Waals surface area (Å²) in [5.41, 5.74) is 4.57. The predicted octanol–water partition coefficient (Wildman–Crippen LogP) is 5.26. The van der Waals surface area contributed by atoms with Crippen molar-refractivity contribution in [2.45, 2.75) is 46.3 Å². The molecule has 0 fully saturated rings. The molecule has 1 atom stereocenters. The fraction of sp³-hybridized carbons (Fsp3) is 0.478. The lowest BCUT2D eigenvalue weighted by atomic mass is 9.99. The Bertz CT molecular complexity index is 667. The number of methoxy groups -OCH3 is 2. The van der Waals surface area contributed by atoms with Crippen LogP contribution < -0.4 is 9.47 Å². The topological polar surface area (TPSA) is 36.9 Å². The largest absolute Gasteiger partial charge is 0.490 e. The molecule has 0 radical (unpaired) electrons. The predicted molar refractivity (Wildman–Crippen MR) is 109 cm³/mol. The Morgan fingerprint density at radius 1 is 0.852 bits per heavy atom. The van der Waals surface area contributed by atoms with Gasteiger partial charge in [0.2, 0.25) is 0 Å². The van der Waals surface area contributed by atoms with Crippen molar-refractivity contribution in [2.24, 2.45) is 0 Å². The molecule has 0 heterocycles. The van der Waals surface area contributed by atoms with Crippen molar-refractivity contribution < 1.29 is 18.9 Å². The van der Waals surface area contributed by atoms with Crippen molar-refractivity contribution in [1.82, 2.24) is 0 Å². The summed E-state index contributed by atoms with van der Waals surface area (Å²) < 4.78 is 22.5. The summed E-state index contributed by atoms with van der Waals surface area (Å²) >= 11 is 0. The third kappa shape index (κ3) is 6.26. The average molecular weight is 373 g/mol. The number of hydrogen-bond donors (Lipinski definition) is 0. The molecule has 4 nitrogen and oxygen atoms in total. The first kappa shape index (κ1) is 21.3. The lowest BCUT2D eigenvalue weighted by molar-refractivity contribution is 0.164. The molecule has 0 saturated carbocycles. The Morgan fingerprint density at radius 2 is 1.41 bits per heavy atom. The van der Waals surface area contributed by atoms with Crippen LogP contribution in [0.25, 0.3) is 0 Å². The molecular formula is C23H32O4. The van der Waals surface area contributed by atoms with Gasteiger partial charge in [-0.1, -0.05) is 43.7 Å². The first-order valence-electron chi connectivity index (χ1n) is 9.54. The maximum Gasteiger partial charge on any atom is 0.130 e. The summed E-state index contributed by atoms with van der Waals surface area (Å²) in [6.07, 6.45) is 1.14. The number of rotatable bonds is 11. The maximum absolute atomic E-state index is 6.04. The van der Waals surface area contributed by atoms with Crippen LogP contribution in [0.5, 0.6) is 11.5 Å². The molecule has 0 aliphatic carbocycles. The smallest absolute Gasteiger partial charge is 0.130 e. The van der Waals surface area contributed by atoms with Crippen LogP contribution in [0.3, 0.4) is 0 Å². The molecule has 0 aliphatic heterocycles. The van der Waals surface area contributed by atoms with Crippen molar-refractivity contribution in [3.8, 4) is 11.5 Å². The number of benzene rings is 2. The van der Waals surface area contributed by atoms with E-state index in [1.807, 2.05) is 12.1 Å². The van der Waals surface area contributed by atoms with Gasteiger partial charge in [0.25, 0.3) is 0 Å². The minimum Gasteiger partial charge on any atom is -0.490 e. The Hall–Kier alpha value is -2.04. The van der Waals surface area contributed by atoms with Crippen molar-refractivity contribution in [3.63, 3.8) is 0 Å². The lowest BCUT2D eigenvalue weighted by Crippen LogP contribution is -2.12. The van der Waals surface area contributed by atoms with E-state index in [2.05, 4.69) is 45.0 Å². The lowest BCUT2D eigenvalue weighted by Gasteiger charge is -2.17. The molecule has 0 spiro atoms. The highest BCUT2D eigenvalue weighted by Gasteiger charge is 2.12. The van der Waals surface area contributed by atoms with Crippen LogP contribution in [-0.4, -0.2) is 27.4 Å². The second kappa shape index (κ2) is 11.0. The van der Waals surface area contributed by atoms with E-state index >= 15 is 0 Å². The first-order chi connectivity index (χ1) is 13.1. The van der Waals surface area contributed by atoms with Gasteiger partial charge in [-0.05, 0) is 37.0 Å². The minimum atomic E-state index is 0.462. The molecule has 0 N–H and O–H groups in total. The van der Waals surface area contributed by atoms with Crippen LogP contribution in [0.2, 0.25) is 0 Å². The summed E-state index contributed by atoms with van der Waals surface area (Å²) in [4.78, 5) is 0. The van der Waals surface area contributed by atoms with Gasteiger partial charge in [0.1, 0.15) is 24.7 Å². The van der Waals surface area contributed by atoms with Crippen LogP contribution in [0.4, 0.5) is 0 Å². The standard InChI is InChI=1S/C23H32O4/c1-6-18(3)19-7-9-22(10-8-19)26-11-12-27-23-20(15-24-4)13-17(2)14-21(23)16-25-5/h7-10,13-14,18H,6,11-12,15-16H2,1-5H3. The van der Waals surface area contributed by atoms with Gasteiger partial charge in [-0.15, -0.1) is 0 Å². The highest BCUT2D eigenvalue weighted by atomic mass is 16.5. The van der Waals surface area contributed by atoms with Crippen LogP contribution in [-0.2, 0) is 22.7 Å². The van der Waals surface area contributed by atoms with E-state index in [1.54, 1.807) is 14.2 Å². The van der Waals surface area contributed by atoms with E-state index < -0.39 is 0 Å². The Kier molecular flexibility index (Phi) is 8.62. The third-order valence-corrected chi connectivity index (χ3v) is 4.65. The summed E-state index contributed by atoms with van der Waals surface area (Å²) in [6, 6.07) is 12.5.